The molecule has 0 saturated heterocycles. The van der Waals surface area contributed by atoms with Gasteiger partial charge in [0.1, 0.15) is 11.4 Å². The highest BCUT2D eigenvalue weighted by Gasteiger charge is 2.14. The minimum absolute atomic E-state index is 0.545. The average Bonchev–Trinajstić information content (AvgIpc) is 3.12. The molecule has 0 atom stereocenters. The van der Waals surface area contributed by atoms with Gasteiger partial charge in [-0.1, -0.05) is 42.5 Å². The molecule has 0 aliphatic carbocycles. The van der Waals surface area contributed by atoms with Gasteiger partial charge in [-0.2, -0.15) is 0 Å². The van der Waals surface area contributed by atoms with Gasteiger partial charge < -0.3 is 4.74 Å². The van der Waals surface area contributed by atoms with E-state index in [1.54, 1.807) is 11.3 Å². The summed E-state index contributed by atoms with van der Waals surface area (Å²) in [5.74, 6) is 1.39. The Kier molecular flexibility index (Phi) is 3.75. The lowest BCUT2D eigenvalue weighted by molar-refractivity contribution is 0.455. The van der Waals surface area contributed by atoms with Gasteiger partial charge in [-0.25, -0.2) is 0 Å². The molecule has 0 amide bonds. The summed E-state index contributed by atoms with van der Waals surface area (Å²) in [5, 5.41) is 12.9. The first-order chi connectivity index (χ1) is 11.7. The summed E-state index contributed by atoms with van der Waals surface area (Å²) in [6, 6.07) is 18.3. The van der Waals surface area contributed by atoms with Gasteiger partial charge in [0.05, 0.1) is 4.88 Å². The number of thiophene rings is 1. The van der Waals surface area contributed by atoms with E-state index < -0.39 is 0 Å². The van der Waals surface area contributed by atoms with Crippen LogP contribution in [0.4, 0.5) is 0 Å². The van der Waals surface area contributed by atoms with E-state index in [9.17, 15) is 0 Å². The van der Waals surface area contributed by atoms with E-state index in [1.165, 1.54) is 0 Å². The van der Waals surface area contributed by atoms with Crippen molar-refractivity contribution in [3.8, 4) is 22.2 Å². The normalized spacial score (nSPS) is 10.9. The van der Waals surface area contributed by atoms with E-state index in [-0.39, 0.29) is 0 Å². The van der Waals surface area contributed by atoms with Gasteiger partial charge in [0, 0.05) is 10.8 Å². The highest BCUT2D eigenvalue weighted by molar-refractivity contribution is 7.13. The van der Waals surface area contributed by atoms with Gasteiger partial charge in [0.2, 0.25) is 5.88 Å². The summed E-state index contributed by atoms with van der Waals surface area (Å²) in [4.78, 5) is 1.11. The third kappa shape index (κ3) is 2.55. The second-order valence-corrected chi connectivity index (χ2v) is 6.65. The van der Waals surface area contributed by atoms with Gasteiger partial charge in [0.15, 0.2) is 0 Å². The summed E-state index contributed by atoms with van der Waals surface area (Å²) in [7, 11) is 0. The van der Waals surface area contributed by atoms with Gasteiger partial charge in [0.25, 0.3) is 0 Å². The largest absolute Gasteiger partial charge is 0.436 e. The fourth-order valence-corrected chi connectivity index (χ4v) is 3.53. The second kappa shape index (κ2) is 6.06. The quantitative estimate of drug-likeness (QED) is 0.478. The molecular formula is C20H16N2OS. The Morgan fingerprint density at radius 1 is 0.792 bits per heavy atom. The minimum Gasteiger partial charge on any atom is -0.436 e. The monoisotopic (exact) mass is 332 g/mol. The maximum atomic E-state index is 6.16. The molecule has 0 N–H and O–H groups in total. The summed E-state index contributed by atoms with van der Waals surface area (Å²) in [6.07, 6.45) is 0. The van der Waals surface area contributed by atoms with E-state index >= 15 is 0 Å². The Balaban J connectivity index is 1.88. The van der Waals surface area contributed by atoms with Crippen molar-refractivity contribution >= 4 is 22.1 Å². The molecule has 0 radical (unpaired) electrons. The number of nitrogens with zero attached hydrogens (tertiary/aromatic N) is 2. The smallest absolute Gasteiger partial charge is 0.246 e. The number of benzene rings is 2. The van der Waals surface area contributed by atoms with Crippen molar-refractivity contribution in [3.05, 3.63) is 71.1 Å². The molecule has 0 fully saturated rings. The van der Waals surface area contributed by atoms with Crippen LogP contribution in [0.1, 0.15) is 11.1 Å². The Hall–Kier alpha value is -2.72. The van der Waals surface area contributed by atoms with Crippen LogP contribution >= 0.6 is 11.3 Å². The van der Waals surface area contributed by atoms with Crippen LogP contribution in [0.3, 0.4) is 0 Å². The van der Waals surface area contributed by atoms with Crippen molar-refractivity contribution in [2.45, 2.75) is 13.8 Å². The first-order valence-electron chi connectivity index (χ1n) is 7.77. The zero-order chi connectivity index (χ0) is 16.5. The lowest BCUT2D eigenvalue weighted by Crippen LogP contribution is -1.97. The van der Waals surface area contributed by atoms with Crippen molar-refractivity contribution in [2.75, 3.05) is 0 Å². The number of para-hydroxylation sites is 1. The zero-order valence-corrected chi connectivity index (χ0v) is 14.3. The van der Waals surface area contributed by atoms with Crippen molar-refractivity contribution in [3.63, 3.8) is 0 Å². The molecule has 0 bridgehead atoms. The van der Waals surface area contributed by atoms with Crippen LogP contribution in [0.2, 0.25) is 0 Å². The molecule has 4 rings (SSSR count). The summed E-state index contributed by atoms with van der Waals surface area (Å²) < 4.78 is 6.16. The van der Waals surface area contributed by atoms with E-state index in [0.29, 0.717) is 5.88 Å². The molecule has 118 valence electrons. The molecule has 3 nitrogen and oxygen atoms in total. The van der Waals surface area contributed by atoms with Crippen LogP contribution in [0.25, 0.3) is 21.3 Å². The first-order valence-corrected chi connectivity index (χ1v) is 8.65. The number of aromatic nitrogens is 2. The molecule has 0 unspecified atom stereocenters. The SMILES string of the molecule is Cc1cccc(C)c1Oc1nnc(-c2cccs2)c2ccccc12. The molecule has 0 saturated carbocycles. The van der Waals surface area contributed by atoms with E-state index in [2.05, 4.69) is 22.3 Å². The van der Waals surface area contributed by atoms with Crippen molar-refractivity contribution in [1.29, 1.82) is 0 Å². The Morgan fingerprint density at radius 3 is 2.25 bits per heavy atom. The number of rotatable bonds is 3. The third-order valence-electron chi connectivity index (χ3n) is 4.02. The fourth-order valence-electron chi connectivity index (χ4n) is 2.81. The predicted molar refractivity (Wildman–Crippen MR) is 98.8 cm³/mol. The highest BCUT2D eigenvalue weighted by atomic mass is 32.1. The zero-order valence-electron chi connectivity index (χ0n) is 13.5. The van der Waals surface area contributed by atoms with E-state index in [1.807, 2.05) is 61.7 Å². The summed E-state index contributed by atoms with van der Waals surface area (Å²) in [5.41, 5.74) is 3.07. The van der Waals surface area contributed by atoms with Crippen LogP contribution in [0.5, 0.6) is 11.6 Å². The molecule has 2 aromatic heterocycles. The summed E-state index contributed by atoms with van der Waals surface area (Å²) in [6.45, 7) is 4.08. The molecule has 0 aliphatic heterocycles. The third-order valence-corrected chi connectivity index (χ3v) is 4.89. The van der Waals surface area contributed by atoms with Crippen molar-refractivity contribution < 1.29 is 4.74 Å². The van der Waals surface area contributed by atoms with Gasteiger partial charge in [-0.3, -0.25) is 0 Å². The minimum atomic E-state index is 0.545. The lowest BCUT2D eigenvalue weighted by Gasteiger charge is -2.13. The molecule has 0 spiro atoms. The fraction of sp³-hybridized carbons (Fsp3) is 0.100. The first kappa shape index (κ1) is 14.8. The maximum Gasteiger partial charge on any atom is 0.246 e. The molecular weight excluding hydrogens is 316 g/mol. The molecule has 0 aliphatic rings. The molecule has 2 heterocycles. The lowest BCUT2D eigenvalue weighted by atomic mass is 10.1. The van der Waals surface area contributed by atoms with Gasteiger partial charge in [-0.05, 0) is 42.5 Å². The maximum absolute atomic E-state index is 6.16. The Bertz CT molecular complexity index is 989. The average molecular weight is 332 g/mol. The predicted octanol–water partition coefficient (Wildman–Crippen LogP) is 5.77. The number of ether oxygens (including phenoxy) is 1. The van der Waals surface area contributed by atoms with Crippen LogP contribution in [-0.4, -0.2) is 10.2 Å². The topological polar surface area (TPSA) is 35.0 Å². The number of aryl methyl sites for hydroxylation is 2. The van der Waals surface area contributed by atoms with Crippen LogP contribution in [0.15, 0.2) is 60.0 Å². The van der Waals surface area contributed by atoms with E-state index in [4.69, 9.17) is 4.74 Å². The molecule has 24 heavy (non-hydrogen) atoms. The van der Waals surface area contributed by atoms with E-state index in [0.717, 1.165) is 38.2 Å². The van der Waals surface area contributed by atoms with Gasteiger partial charge >= 0.3 is 0 Å². The van der Waals surface area contributed by atoms with Gasteiger partial charge in [-0.15, -0.1) is 21.5 Å². The molecule has 2 aromatic carbocycles. The van der Waals surface area contributed by atoms with Crippen LogP contribution < -0.4 is 4.74 Å². The Morgan fingerprint density at radius 2 is 1.54 bits per heavy atom. The van der Waals surface area contributed by atoms with Crippen LogP contribution in [0, 0.1) is 13.8 Å². The standard InChI is InChI=1S/C20H16N2OS/c1-13-7-5-8-14(2)19(13)23-20-16-10-4-3-9-15(16)18(21-22-20)17-11-6-12-24-17/h3-12H,1-2H3. The highest BCUT2D eigenvalue weighted by Crippen LogP contribution is 2.36. The Labute approximate surface area is 144 Å². The molecule has 4 aromatic rings. The van der Waals surface area contributed by atoms with Crippen LogP contribution in [-0.2, 0) is 0 Å². The van der Waals surface area contributed by atoms with Crippen molar-refractivity contribution in [2.24, 2.45) is 0 Å². The molecule has 4 heteroatoms. The second-order valence-electron chi connectivity index (χ2n) is 5.70. The summed E-state index contributed by atoms with van der Waals surface area (Å²) >= 11 is 1.66. The number of fused-ring (bicyclic) bond motifs is 1. The number of hydrogen-bond donors (Lipinski definition) is 0. The van der Waals surface area contributed by atoms with Crippen molar-refractivity contribution in [1.82, 2.24) is 10.2 Å². The number of hydrogen-bond acceptors (Lipinski definition) is 4.